The number of aryl methyl sites for hydroxylation is 1. The Bertz CT molecular complexity index is 488. The average Bonchev–Trinajstić information content (AvgIpc) is 2.51. The fraction of sp³-hybridized carbons (Fsp3) is 0.688. The van der Waals surface area contributed by atoms with Crippen molar-refractivity contribution in [3.8, 4) is 6.07 Å². The maximum absolute atomic E-state index is 9.47. The number of likely N-dealkylation sites (N-methyl/N-ethyl adjacent to an activating group) is 1. The quantitative estimate of drug-likeness (QED) is 0.797. The Morgan fingerprint density at radius 3 is 2.29 bits per heavy atom. The first kappa shape index (κ1) is 17.4. The zero-order valence-electron chi connectivity index (χ0n) is 13.9. The number of hydrogen-bond acceptors (Lipinski definition) is 5. The highest BCUT2D eigenvalue weighted by Gasteiger charge is 2.16. The molecule has 5 nitrogen and oxygen atoms in total. The second kappa shape index (κ2) is 8.58. The van der Waals surface area contributed by atoms with Crippen LogP contribution in [0.3, 0.4) is 0 Å². The lowest BCUT2D eigenvalue weighted by Gasteiger charge is -2.24. The van der Waals surface area contributed by atoms with Crippen LogP contribution in [0.25, 0.3) is 0 Å². The minimum atomic E-state index is 0.225. The number of anilines is 1. The first-order chi connectivity index (χ1) is 10.1. The summed E-state index contributed by atoms with van der Waals surface area (Å²) in [4.78, 5) is 2.35. The van der Waals surface area contributed by atoms with E-state index in [4.69, 9.17) is 0 Å². The van der Waals surface area contributed by atoms with Crippen molar-refractivity contribution >= 4 is 5.82 Å². The summed E-state index contributed by atoms with van der Waals surface area (Å²) in [5, 5.41) is 21.3. The fourth-order valence-corrected chi connectivity index (χ4v) is 2.54. The van der Waals surface area contributed by atoms with E-state index in [1.807, 2.05) is 6.92 Å². The molecule has 1 N–H and O–H groups in total. The zero-order valence-corrected chi connectivity index (χ0v) is 13.9. The Kier molecular flexibility index (Phi) is 7.10. The van der Waals surface area contributed by atoms with Gasteiger partial charge in [0.25, 0.3) is 0 Å². The maximum atomic E-state index is 9.47. The van der Waals surface area contributed by atoms with Gasteiger partial charge < -0.3 is 10.2 Å². The molecule has 0 bridgehead atoms. The second-order valence-electron chi connectivity index (χ2n) is 5.20. The van der Waals surface area contributed by atoms with Gasteiger partial charge in [-0.2, -0.15) is 10.4 Å². The Morgan fingerprint density at radius 2 is 1.81 bits per heavy atom. The van der Waals surface area contributed by atoms with Gasteiger partial charge in [0.1, 0.15) is 11.6 Å². The summed E-state index contributed by atoms with van der Waals surface area (Å²) in [7, 11) is 0. The van der Waals surface area contributed by atoms with Crippen molar-refractivity contribution in [2.45, 2.75) is 53.5 Å². The van der Waals surface area contributed by atoms with Crippen LogP contribution in [0.4, 0.5) is 5.82 Å². The maximum Gasteiger partial charge on any atom is 0.167 e. The second-order valence-corrected chi connectivity index (χ2v) is 5.20. The Labute approximate surface area is 128 Å². The summed E-state index contributed by atoms with van der Waals surface area (Å²) in [6.45, 7) is 13.5. The van der Waals surface area contributed by atoms with E-state index in [1.165, 1.54) is 0 Å². The van der Waals surface area contributed by atoms with Crippen molar-refractivity contribution in [2.24, 2.45) is 0 Å². The van der Waals surface area contributed by atoms with E-state index < -0.39 is 0 Å². The topological polar surface area (TPSA) is 64.8 Å². The third kappa shape index (κ3) is 4.40. The van der Waals surface area contributed by atoms with E-state index in [1.54, 1.807) is 0 Å². The van der Waals surface area contributed by atoms with Gasteiger partial charge in [-0.3, -0.25) is 0 Å². The van der Waals surface area contributed by atoms with Gasteiger partial charge in [-0.25, -0.2) is 0 Å². The van der Waals surface area contributed by atoms with Crippen LogP contribution in [0.5, 0.6) is 0 Å². The Morgan fingerprint density at radius 1 is 1.14 bits per heavy atom. The molecule has 0 amide bonds. The molecule has 1 aromatic heterocycles. The highest BCUT2D eigenvalue weighted by atomic mass is 15.2. The van der Waals surface area contributed by atoms with Crippen LogP contribution < -0.4 is 5.32 Å². The van der Waals surface area contributed by atoms with Crippen molar-refractivity contribution in [2.75, 3.05) is 25.0 Å². The normalized spacial score (nSPS) is 12.2. The van der Waals surface area contributed by atoms with E-state index in [0.717, 1.165) is 43.7 Å². The zero-order chi connectivity index (χ0) is 15.8. The lowest BCUT2D eigenvalue weighted by atomic mass is 10.0. The molecule has 1 rings (SSSR count). The number of hydrogen-bond donors (Lipinski definition) is 1. The largest absolute Gasteiger partial charge is 0.364 e. The average molecular weight is 289 g/mol. The van der Waals surface area contributed by atoms with Crippen molar-refractivity contribution < 1.29 is 0 Å². The van der Waals surface area contributed by atoms with Gasteiger partial charge in [0, 0.05) is 12.6 Å². The number of nitriles is 1. The molecule has 0 spiro atoms. The molecule has 0 fully saturated rings. The standard InChI is InChI=1S/C16H27N5/c1-6-13-14(10-17)16(20-19-15(13)7-2)18-12(5)11-21(8-3)9-4/h12H,6-9,11H2,1-5H3,(H,18,20). The lowest BCUT2D eigenvalue weighted by Crippen LogP contribution is -2.35. The summed E-state index contributed by atoms with van der Waals surface area (Å²) in [5.74, 6) is 0.617. The van der Waals surface area contributed by atoms with Crippen LogP contribution >= 0.6 is 0 Å². The Hall–Kier alpha value is -1.67. The minimum Gasteiger partial charge on any atom is -0.364 e. The molecule has 21 heavy (non-hydrogen) atoms. The summed E-state index contributed by atoms with van der Waals surface area (Å²) < 4.78 is 0. The lowest BCUT2D eigenvalue weighted by molar-refractivity contribution is 0.294. The van der Waals surface area contributed by atoms with Gasteiger partial charge in [0.2, 0.25) is 0 Å². The van der Waals surface area contributed by atoms with Crippen molar-refractivity contribution in [1.29, 1.82) is 5.26 Å². The van der Waals surface area contributed by atoms with Crippen LogP contribution in [0, 0.1) is 11.3 Å². The molecule has 0 aliphatic carbocycles. The molecule has 5 heteroatoms. The number of aromatic nitrogens is 2. The van der Waals surface area contributed by atoms with Crippen LogP contribution in [-0.4, -0.2) is 40.8 Å². The van der Waals surface area contributed by atoms with Gasteiger partial charge in [-0.1, -0.05) is 27.7 Å². The third-order valence-electron chi connectivity index (χ3n) is 3.77. The number of nitrogens with zero attached hydrogens (tertiary/aromatic N) is 4. The van der Waals surface area contributed by atoms with Crippen molar-refractivity contribution in [1.82, 2.24) is 15.1 Å². The summed E-state index contributed by atoms with van der Waals surface area (Å²) in [6.07, 6.45) is 1.61. The first-order valence-corrected chi connectivity index (χ1v) is 7.88. The molecule has 0 aliphatic rings. The predicted molar refractivity (Wildman–Crippen MR) is 86.4 cm³/mol. The predicted octanol–water partition coefficient (Wildman–Crippen LogP) is 2.62. The van der Waals surface area contributed by atoms with E-state index >= 15 is 0 Å². The van der Waals surface area contributed by atoms with Crippen LogP contribution in [-0.2, 0) is 12.8 Å². The van der Waals surface area contributed by atoms with Gasteiger partial charge in [-0.15, -0.1) is 5.10 Å². The summed E-state index contributed by atoms with van der Waals surface area (Å²) in [6, 6.07) is 2.52. The number of nitrogens with one attached hydrogen (secondary N) is 1. The molecule has 1 heterocycles. The summed E-state index contributed by atoms with van der Waals surface area (Å²) >= 11 is 0. The highest BCUT2D eigenvalue weighted by molar-refractivity contribution is 5.56. The molecule has 1 unspecified atom stereocenters. The molecule has 0 saturated heterocycles. The van der Waals surface area contributed by atoms with Gasteiger partial charge in [0.15, 0.2) is 5.82 Å². The van der Waals surface area contributed by atoms with E-state index in [2.05, 4.69) is 54.2 Å². The van der Waals surface area contributed by atoms with Crippen LogP contribution in [0.15, 0.2) is 0 Å². The minimum absolute atomic E-state index is 0.225. The molecule has 0 saturated carbocycles. The Balaban J connectivity index is 2.96. The van der Waals surface area contributed by atoms with Gasteiger partial charge in [-0.05, 0) is 38.4 Å². The molecular formula is C16H27N5. The van der Waals surface area contributed by atoms with Gasteiger partial charge in [0.05, 0.1) is 5.69 Å². The summed E-state index contributed by atoms with van der Waals surface area (Å²) in [5.41, 5.74) is 2.60. The number of rotatable bonds is 8. The van der Waals surface area contributed by atoms with Crippen molar-refractivity contribution in [3.05, 3.63) is 16.8 Å². The van der Waals surface area contributed by atoms with Crippen LogP contribution in [0.2, 0.25) is 0 Å². The molecule has 0 radical (unpaired) electrons. The van der Waals surface area contributed by atoms with Crippen molar-refractivity contribution in [3.63, 3.8) is 0 Å². The van der Waals surface area contributed by atoms with Gasteiger partial charge >= 0.3 is 0 Å². The molecule has 1 aromatic rings. The molecule has 116 valence electrons. The van der Waals surface area contributed by atoms with E-state index in [-0.39, 0.29) is 6.04 Å². The molecule has 1 atom stereocenters. The SMILES string of the molecule is CCc1nnc(NC(C)CN(CC)CC)c(C#N)c1CC. The monoisotopic (exact) mass is 289 g/mol. The van der Waals surface area contributed by atoms with E-state index in [9.17, 15) is 5.26 Å². The molecule has 0 aliphatic heterocycles. The fourth-order valence-electron chi connectivity index (χ4n) is 2.54. The first-order valence-electron chi connectivity index (χ1n) is 7.88. The highest BCUT2D eigenvalue weighted by Crippen LogP contribution is 2.20. The van der Waals surface area contributed by atoms with Crippen LogP contribution in [0.1, 0.15) is 51.4 Å². The molecular weight excluding hydrogens is 262 g/mol. The molecule has 0 aromatic carbocycles. The third-order valence-corrected chi connectivity index (χ3v) is 3.77. The van der Waals surface area contributed by atoms with E-state index in [0.29, 0.717) is 11.4 Å². The smallest absolute Gasteiger partial charge is 0.167 e.